The quantitative estimate of drug-likeness (QED) is 0.708. The molecule has 0 radical (unpaired) electrons. The molecule has 0 aliphatic rings. The third-order valence-electron chi connectivity index (χ3n) is 1.02. The highest BCUT2D eigenvalue weighted by Crippen LogP contribution is 2.20. The average Bonchev–Trinajstić information content (AvgIpc) is 2.34. The molecule has 10 heavy (non-hydrogen) atoms. The molecular weight excluding hydrogens is 152 g/mol. The number of thiophene rings is 1. The highest BCUT2D eigenvalue weighted by atomic mass is 32.1. The van der Waals surface area contributed by atoms with Gasteiger partial charge in [-0.2, -0.15) is 0 Å². The first-order valence-electron chi connectivity index (χ1n) is 2.60. The lowest BCUT2D eigenvalue weighted by atomic mass is 10.4. The summed E-state index contributed by atoms with van der Waals surface area (Å²) in [5.41, 5.74) is 0. The zero-order valence-corrected chi connectivity index (χ0v) is 6.14. The fourth-order valence-electron chi connectivity index (χ4n) is 0.538. The van der Waals surface area contributed by atoms with Gasteiger partial charge in [-0.25, -0.2) is 4.79 Å². The van der Waals surface area contributed by atoms with Crippen molar-refractivity contribution in [2.45, 2.75) is 0 Å². The van der Waals surface area contributed by atoms with Crippen LogP contribution in [0.15, 0.2) is 11.4 Å². The normalized spacial score (nSPS) is 9.30. The minimum Gasteiger partial charge on any atom is -0.496 e. The lowest BCUT2D eigenvalue weighted by Crippen LogP contribution is -1.90. The second-order valence-corrected chi connectivity index (χ2v) is 2.57. The maximum Gasteiger partial charge on any atom is 0.346 e. The second kappa shape index (κ2) is 2.70. The van der Waals surface area contributed by atoms with Gasteiger partial charge >= 0.3 is 5.97 Å². The van der Waals surface area contributed by atoms with Crippen molar-refractivity contribution in [1.29, 1.82) is 0 Å². The van der Waals surface area contributed by atoms with Gasteiger partial charge in [0.2, 0.25) is 0 Å². The van der Waals surface area contributed by atoms with Crippen LogP contribution in [0, 0.1) is 0 Å². The van der Waals surface area contributed by atoms with Crippen LogP contribution in [0.5, 0.6) is 5.75 Å². The zero-order valence-electron chi connectivity index (χ0n) is 5.33. The van der Waals surface area contributed by atoms with Crippen molar-refractivity contribution in [2.24, 2.45) is 0 Å². The fraction of sp³-hybridized carbons (Fsp3) is 0.167. The van der Waals surface area contributed by atoms with E-state index >= 15 is 0 Å². The summed E-state index contributed by atoms with van der Waals surface area (Å²) in [7, 11) is 1.51. The van der Waals surface area contributed by atoms with E-state index < -0.39 is 5.97 Å². The van der Waals surface area contributed by atoms with Crippen molar-refractivity contribution in [3.05, 3.63) is 16.3 Å². The average molecular weight is 158 g/mol. The van der Waals surface area contributed by atoms with Crippen LogP contribution in [-0.2, 0) is 0 Å². The summed E-state index contributed by atoms with van der Waals surface area (Å²) in [4.78, 5) is 10.6. The first kappa shape index (κ1) is 7.08. The molecule has 0 bridgehead atoms. The molecule has 0 aromatic carbocycles. The van der Waals surface area contributed by atoms with Crippen LogP contribution in [0.25, 0.3) is 0 Å². The highest BCUT2D eigenvalue weighted by Gasteiger charge is 2.05. The Hall–Kier alpha value is -1.03. The smallest absolute Gasteiger partial charge is 0.346 e. The van der Waals surface area contributed by atoms with Gasteiger partial charge in [0.15, 0.2) is 0 Å². The standard InChI is InChI=1S/C6H6O3S/c1-9-4-2-5(6(7)8)10-3-4/h2-3H,1H3,(H,7,8). The first-order chi connectivity index (χ1) is 4.74. The Labute approximate surface area is 61.9 Å². The summed E-state index contributed by atoms with van der Waals surface area (Å²) in [5, 5.41) is 10.1. The summed E-state index contributed by atoms with van der Waals surface area (Å²) < 4.78 is 4.79. The van der Waals surface area contributed by atoms with Crippen molar-refractivity contribution < 1.29 is 14.6 Å². The Morgan fingerprint density at radius 1 is 1.80 bits per heavy atom. The predicted molar refractivity (Wildman–Crippen MR) is 37.8 cm³/mol. The number of aromatic carboxylic acids is 1. The van der Waals surface area contributed by atoms with E-state index in [1.807, 2.05) is 0 Å². The van der Waals surface area contributed by atoms with E-state index in [0.717, 1.165) is 11.3 Å². The van der Waals surface area contributed by atoms with E-state index in [4.69, 9.17) is 9.84 Å². The lowest BCUT2D eigenvalue weighted by Gasteiger charge is -1.88. The van der Waals surface area contributed by atoms with E-state index in [2.05, 4.69) is 0 Å². The van der Waals surface area contributed by atoms with Crippen LogP contribution in [0.1, 0.15) is 9.67 Å². The van der Waals surface area contributed by atoms with Gasteiger partial charge in [-0.1, -0.05) is 0 Å². The molecule has 1 heterocycles. The molecule has 1 aromatic rings. The molecule has 0 amide bonds. The van der Waals surface area contributed by atoms with Crippen LogP contribution in [0.3, 0.4) is 0 Å². The lowest BCUT2D eigenvalue weighted by molar-refractivity contribution is 0.0702. The maximum atomic E-state index is 10.3. The van der Waals surface area contributed by atoms with Gasteiger partial charge in [-0.15, -0.1) is 11.3 Å². The first-order valence-corrected chi connectivity index (χ1v) is 3.48. The molecule has 0 saturated heterocycles. The van der Waals surface area contributed by atoms with Gasteiger partial charge < -0.3 is 9.84 Å². The molecule has 0 saturated carbocycles. The molecule has 4 heteroatoms. The Morgan fingerprint density at radius 2 is 2.50 bits per heavy atom. The van der Waals surface area contributed by atoms with Crippen LogP contribution in [0.4, 0.5) is 0 Å². The topological polar surface area (TPSA) is 46.5 Å². The van der Waals surface area contributed by atoms with E-state index in [0.29, 0.717) is 10.6 Å². The number of hydrogen-bond donors (Lipinski definition) is 1. The number of carboxylic acid groups (broad SMARTS) is 1. The van der Waals surface area contributed by atoms with E-state index in [1.165, 1.54) is 13.2 Å². The maximum absolute atomic E-state index is 10.3. The van der Waals surface area contributed by atoms with Crippen LogP contribution < -0.4 is 4.74 Å². The minimum absolute atomic E-state index is 0.303. The van der Waals surface area contributed by atoms with Gasteiger partial charge in [-0.3, -0.25) is 0 Å². The molecule has 0 atom stereocenters. The van der Waals surface area contributed by atoms with E-state index in [9.17, 15) is 4.79 Å². The van der Waals surface area contributed by atoms with Gasteiger partial charge in [0.1, 0.15) is 10.6 Å². The van der Waals surface area contributed by atoms with Crippen LogP contribution in [0.2, 0.25) is 0 Å². The molecular formula is C6H6O3S. The molecule has 1 rings (SSSR count). The Bertz CT molecular complexity index is 241. The summed E-state index contributed by atoms with van der Waals surface area (Å²) in [6.45, 7) is 0. The number of carboxylic acids is 1. The predicted octanol–water partition coefficient (Wildman–Crippen LogP) is 1.45. The van der Waals surface area contributed by atoms with Gasteiger partial charge in [0.25, 0.3) is 0 Å². The summed E-state index contributed by atoms with van der Waals surface area (Å²) >= 11 is 1.16. The van der Waals surface area contributed by atoms with Crippen molar-refractivity contribution in [3.63, 3.8) is 0 Å². The van der Waals surface area contributed by atoms with Gasteiger partial charge in [0.05, 0.1) is 7.11 Å². The fourth-order valence-corrected chi connectivity index (χ4v) is 1.23. The number of carbonyl (C=O) groups is 1. The molecule has 3 nitrogen and oxygen atoms in total. The third kappa shape index (κ3) is 1.27. The molecule has 0 aliphatic carbocycles. The Kier molecular flexibility index (Phi) is 1.91. The zero-order chi connectivity index (χ0) is 7.56. The second-order valence-electron chi connectivity index (χ2n) is 1.66. The Balaban J connectivity index is 2.88. The van der Waals surface area contributed by atoms with Crippen molar-refractivity contribution >= 4 is 17.3 Å². The van der Waals surface area contributed by atoms with E-state index in [-0.39, 0.29) is 0 Å². The van der Waals surface area contributed by atoms with Crippen molar-refractivity contribution in [1.82, 2.24) is 0 Å². The van der Waals surface area contributed by atoms with Gasteiger partial charge in [-0.05, 0) is 0 Å². The molecule has 0 spiro atoms. The van der Waals surface area contributed by atoms with Crippen LogP contribution in [-0.4, -0.2) is 18.2 Å². The highest BCUT2D eigenvalue weighted by molar-refractivity contribution is 7.12. The molecule has 1 aromatic heterocycles. The molecule has 54 valence electrons. The number of methoxy groups -OCH3 is 1. The number of hydrogen-bond acceptors (Lipinski definition) is 3. The number of ether oxygens (including phenoxy) is 1. The molecule has 0 fully saturated rings. The summed E-state index contributed by atoms with van der Waals surface area (Å²) in [6.07, 6.45) is 0. The largest absolute Gasteiger partial charge is 0.496 e. The third-order valence-corrected chi connectivity index (χ3v) is 1.92. The molecule has 0 unspecified atom stereocenters. The summed E-state index contributed by atoms with van der Waals surface area (Å²) in [5.74, 6) is -0.310. The number of rotatable bonds is 2. The van der Waals surface area contributed by atoms with Crippen LogP contribution >= 0.6 is 11.3 Å². The monoisotopic (exact) mass is 158 g/mol. The minimum atomic E-state index is -0.909. The van der Waals surface area contributed by atoms with Crippen molar-refractivity contribution in [3.8, 4) is 5.75 Å². The Morgan fingerprint density at radius 3 is 2.80 bits per heavy atom. The molecule has 0 aliphatic heterocycles. The van der Waals surface area contributed by atoms with E-state index in [1.54, 1.807) is 5.38 Å². The van der Waals surface area contributed by atoms with Crippen molar-refractivity contribution in [2.75, 3.05) is 7.11 Å². The van der Waals surface area contributed by atoms with Gasteiger partial charge in [0, 0.05) is 11.4 Å². The SMILES string of the molecule is COc1csc(C(=O)O)c1. The summed E-state index contributed by atoms with van der Waals surface area (Å²) in [6, 6.07) is 1.49. The molecule has 1 N–H and O–H groups in total.